The number of nitriles is 1. The van der Waals surface area contributed by atoms with Gasteiger partial charge < -0.3 is 10.2 Å². The molecule has 0 unspecified atom stereocenters. The van der Waals surface area contributed by atoms with Gasteiger partial charge in [-0.25, -0.2) is 21.7 Å². The minimum Gasteiger partial charge on any atom is -0.369 e. The number of hydrogen-bond donors (Lipinski definition) is 1. The van der Waals surface area contributed by atoms with Gasteiger partial charge in [0.05, 0.1) is 34.7 Å². The van der Waals surface area contributed by atoms with Crippen LogP contribution >= 0.6 is 0 Å². The first-order chi connectivity index (χ1) is 18.6. The molecule has 2 aromatic heterocycles. The lowest BCUT2D eigenvalue weighted by molar-refractivity contribution is -0.134. The van der Waals surface area contributed by atoms with Gasteiger partial charge in [-0.15, -0.1) is 0 Å². The molecule has 1 aromatic carbocycles. The number of aromatic nitrogens is 2. The fraction of sp³-hybridized carbons (Fsp3) is 0.464. The summed E-state index contributed by atoms with van der Waals surface area (Å²) in [6.45, 7) is 0.863. The fourth-order valence-electron chi connectivity index (χ4n) is 5.84. The van der Waals surface area contributed by atoms with E-state index in [1.807, 2.05) is 47.4 Å². The number of anilines is 1. The summed E-state index contributed by atoms with van der Waals surface area (Å²) in [7, 11) is -3.00. The SMILES string of the molecule is N#CC1(NC(=O)[C@@H]2CC(F)(F)CC[C@H]2c2nn3ccccc3c2-c2ccc(N3CCS(=O)(=O)CC3)cc2)CC1. The van der Waals surface area contributed by atoms with Crippen molar-refractivity contribution in [2.45, 2.75) is 49.5 Å². The number of nitrogens with one attached hydrogen (secondary N) is 1. The Kier molecular flexibility index (Phi) is 6.14. The number of amides is 1. The highest BCUT2D eigenvalue weighted by Gasteiger charge is 2.51. The summed E-state index contributed by atoms with van der Waals surface area (Å²) in [6, 6.07) is 15.5. The zero-order chi connectivity index (χ0) is 27.4. The number of sulfone groups is 1. The first-order valence-electron chi connectivity index (χ1n) is 13.2. The molecule has 2 atom stereocenters. The molecule has 1 aliphatic heterocycles. The molecular formula is C28H29F2N5O3S. The maximum Gasteiger partial charge on any atom is 0.249 e. The lowest BCUT2D eigenvalue weighted by Gasteiger charge is -2.35. The molecule has 8 nitrogen and oxygen atoms in total. The van der Waals surface area contributed by atoms with Gasteiger partial charge in [-0.05, 0) is 49.1 Å². The third-order valence-electron chi connectivity index (χ3n) is 8.27. The van der Waals surface area contributed by atoms with Crippen LogP contribution in [0.4, 0.5) is 14.5 Å². The fourth-order valence-corrected chi connectivity index (χ4v) is 7.04. The molecule has 3 heterocycles. The molecule has 1 N–H and O–H groups in total. The smallest absolute Gasteiger partial charge is 0.249 e. The molecule has 11 heteroatoms. The Labute approximate surface area is 225 Å². The molecular weight excluding hydrogens is 524 g/mol. The monoisotopic (exact) mass is 553 g/mol. The summed E-state index contributed by atoms with van der Waals surface area (Å²) in [5.41, 5.74) is 2.99. The predicted molar refractivity (Wildman–Crippen MR) is 142 cm³/mol. The third-order valence-corrected chi connectivity index (χ3v) is 9.88. The first-order valence-corrected chi connectivity index (χ1v) is 15.1. The van der Waals surface area contributed by atoms with Crippen molar-refractivity contribution in [1.82, 2.24) is 14.9 Å². The van der Waals surface area contributed by atoms with Crippen LogP contribution < -0.4 is 10.2 Å². The molecule has 2 saturated carbocycles. The summed E-state index contributed by atoms with van der Waals surface area (Å²) in [5.74, 6) is -4.80. The van der Waals surface area contributed by atoms with Crippen molar-refractivity contribution in [3.05, 3.63) is 54.4 Å². The van der Waals surface area contributed by atoms with Crippen molar-refractivity contribution in [2.75, 3.05) is 29.5 Å². The predicted octanol–water partition coefficient (Wildman–Crippen LogP) is 3.93. The first kappa shape index (κ1) is 25.7. The highest BCUT2D eigenvalue weighted by Crippen LogP contribution is 2.48. The maximum atomic E-state index is 14.6. The molecule has 0 spiro atoms. The van der Waals surface area contributed by atoms with E-state index < -0.39 is 45.5 Å². The van der Waals surface area contributed by atoms with Gasteiger partial charge >= 0.3 is 0 Å². The Balaban J connectivity index is 1.37. The number of hydrogen-bond acceptors (Lipinski definition) is 6. The second-order valence-corrected chi connectivity index (χ2v) is 13.3. The molecule has 3 aromatic rings. The number of rotatable bonds is 5. The van der Waals surface area contributed by atoms with E-state index in [4.69, 9.17) is 5.10 Å². The van der Waals surface area contributed by atoms with Crippen LogP contribution in [0.1, 0.15) is 43.7 Å². The molecule has 2 aliphatic carbocycles. The Morgan fingerprint density at radius 2 is 1.79 bits per heavy atom. The number of fused-ring (bicyclic) bond motifs is 1. The van der Waals surface area contributed by atoms with E-state index in [-0.39, 0.29) is 24.3 Å². The molecule has 1 amide bonds. The van der Waals surface area contributed by atoms with E-state index in [2.05, 4.69) is 11.4 Å². The molecule has 39 heavy (non-hydrogen) atoms. The van der Waals surface area contributed by atoms with Crippen LogP contribution in [0.3, 0.4) is 0 Å². The van der Waals surface area contributed by atoms with Crippen LogP contribution in [0.5, 0.6) is 0 Å². The van der Waals surface area contributed by atoms with Crippen molar-refractivity contribution < 1.29 is 22.0 Å². The van der Waals surface area contributed by atoms with Crippen molar-refractivity contribution in [2.24, 2.45) is 5.92 Å². The number of nitrogens with zero attached hydrogens (tertiary/aromatic N) is 4. The normalized spacial score (nSPS) is 25.1. The number of halogens is 2. The van der Waals surface area contributed by atoms with E-state index in [1.165, 1.54) is 0 Å². The number of carbonyl (C=O) groups is 1. The van der Waals surface area contributed by atoms with Crippen molar-refractivity contribution >= 4 is 26.9 Å². The molecule has 204 valence electrons. The number of carbonyl (C=O) groups excluding carboxylic acids is 1. The Morgan fingerprint density at radius 1 is 1.08 bits per heavy atom. The highest BCUT2D eigenvalue weighted by molar-refractivity contribution is 7.91. The lowest BCUT2D eigenvalue weighted by Crippen LogP contribution is -2.45. The van der Waals surface area contributed by atoms with Crippen molar-refractivity contribution in [1.29, 1.82) is 5.26 Å². The summed E-state index contributed by atoms with van der Waals surface area (Å²) in [5, 5.41) is 17.0. The second-order valence-electron chi connectivity index (χ2n) is 11.0. The van der Waals surface area contributed by atoms with E-state index in [9.17, 15) is 27.3 Å². The lowest BCUT2D eigenvalue weighted by atomic mass is 9.73. The minimum atomic E-state index is -3.00. The topological polar surface area (TPSA) is 108 Å². The summed E-state index contributed by atoms with van der Waals surface area (Å²) >= 11 is 0. The average Bonchev–Trinajstić information content (AvgIpc) is 3.58. The van der Waals surface area contributed by atoms with Crippen LogP contribution in [-0.2, 0) is 14.6 Å². The Morgan fingerprint density at radius 3 is 2.46 bits per heavy atom. The van der Waals surface area contributed by atoms with Gasteiger partial charge in [0.2, 0.25) is 11.8 Å². The van der Waals surface area contributed by atoms with Gasteiger partial charge in [0.25, 0.3) is 0 Å². The van der Waals surface area contributed by atoms with Gasteiger partial charge in [0.1, 0.15) is 5.54 Å². The van der Waals surface area contributed by atoms with Crippen molar-refractivity contribution in [3.63, 3.8) is 0 Å². The van der Waals surface area contributed by atoms with E-state index >= 15 is 0 Å². The standard InChI is InChI=1S/C28H29F2N5O3S/c29-28(30)9-8-21(22(17-28)26(36)32-27(18-31)10-11-27)25-24(23-3-1-2-12-35(23)33-25)19-4-6-20(7-5-19)34-13-15-39(37,38)16-14-34/h1-7,12,21-22H,8-11,13-17H2,(H,32,36)/t21-,22-/m1/s1. The molecule has 0 radical (unpaired) electrons. The van der Waals surface area contributed by atoms with Crippen LogP contribution in [0, 0.1) is 17.2 Å². The molecule has 3 aliphatic rings. The minimum absolute atomic E-state index is 0.0991. The molecule has 1 saturated heterocycles. The van der Waals surface area contributed by atoms with E-state index in [1.54, 1.807) is 10.7 Å². The molecule has 0 bridgehead atoms. The number of alkyl halides is 2. The zero-order valence-electron chi connectivity index (χ0n) is 21.3. The van der Waals surface area contributed by atoms with Crippen LogP contribution in [0.2, 0.25) is 0 Å². The second kappa shape index (κ2) is 9.30. The molecule has 6 rings (SSSR count). The van der Waals surface area contributed by atoms with Crippen LogP contribution in [-0.4, -0.2) is 60.0 Å². The maximum absolute atomic E-state index is 14.6. The quantitative estimate of drug-likeness (QED) is 0.513. The van der Waals surface area contributed by atoms with Crippen LogP contribution in [0.25, 0.3) is 16.6 Å². The van der Waals surface area contributed by atoms with Gasteiger partial charge in [0.15, 0.2) is 9.84 Å². The van der Waals surface area contributed by atoms with Crippen LogP contribution in [0.15, 0.2) is 48.7 Å². The van der Waals surface area contributed by atoms with E-state index in [0.29, 0.717) is 31.6 Å². The summed E-state index contributed by atoms with van der Waals surface area (Å²) in [4.78, 5) is 15.4. The number of benzene rings is 1. The average molecular weight is 554 g/mol. The summed E-state index contributed by atoms with van der Waals surface area (Å²) < 4.78 is 54.6. The zero-order valence-corrected chi connectivity index (χ0v) is 22.1. The summed E-state index contributed by atoms with van der Waals surface area (Å²) in [6.07, 6.45) is 2.02. The van der Waals surface area contributed by atoms with Gasteiger partial charge in [-0.1, -0.05) is 18.2 Å². The third kappa shape index (κ3) is 4.98. The largest absolute Gasteiger partial charge is 0.369 e. The highest BCUT2D eigenvalue weighted by atomic mass is 32.2. The van der Waals surface area contributed by atoms with Gasteiger partial charge in [-0.2, -0.15) is 10.4 Å². The number of pyridine rings is 1. The Hall–Kier alpha value is -3.52. The van der Waals surface area contributed by atoms with Gasteiger partial charge in [0, 0.05) is 49.3 Å². The van der Waals surface area contributed by atoms with E-state index in [0.717, 1.165) is 22.3 Å². The van der Waals surface area contributed by atoms with Crippen molar-refractivity contribution in [3.8, 4) is 17.2 Å². The van der Waals surface area contributed by atoms with Gasteiger partial charge in [-0.3, -0.25) is 4.79 Å². The molecule has 3 fully saturated rings. The Bertz CT molecular complexity index is 1560.